The Hall–Kier alpha value is -3.03. The molecule has 0 fully saturated rings. The van der Waals surface area contributed by atoms with Crippen LogP contribution in [-0.2, 0) is 6.18 Å². The lowest BCUT2D eigenvalue weighted by Crippen LogP contribution is -2.11. The Morgan fingerprint density at radius 3 is 2.33 bits per heavy atom. The van der Waals surface area contributed by atoms with E-state index in [4.69, 9.17) is 0 Å². The highest BCUT2D eigenvalue weighted by molar-refractivity contribution is 5.61. The van der Waals surface area contributed by atoms with Gasteiger partial charge in [-0.3, -0.25) is 4.98 Å². The third-order valence-electron chi connectivity index (χ3n) is 3.05. The minimum absolute atomic E-state index is 0.0530. The van der Waals surface area contributed by atoms with Crippen LogP contribution in [-0.4, -0.2) is 15.0 Å². The molecule has 0 radical (unpaired) electrons. The summed E-state index contributed by atoms with van der Waals surface area (Å²) in [6.07, 6.45) is -1.76. The predicted molar refractivity (Wildman–Crippen MR) is 79.9 cm³/mol. The number of anilines is 2. The third-order valence-corrected chi connectivity index (χ3v) is 3.05. The molecule has 0 amide bonds. The van der Waals surface area contributed by atoms with E-state index in [1.807, 2.05) is 0 Å². The van der Waals surface area contributed by atoms with E-state index in [0.29, 0.717) is 11.3 Å². The van der Waals surface area contributed by atoms with E-state index in [-0.39, 0.29) is 11.6 Å². The monoisotopic (exact) mass is 334 g/mol. The second kappa shape index (κ2) is 6.23. The highest BCUT2D eigenvalue weighted by Crippen LogP contribution is 2.31. The van der Waals surface area contributed by atoms with Gasteiger partial charge >= 0.3 is 6.18 Å². The highest BCUT2D eigenvalue weighted by atomic mass is 19.4. The molecule has 0 aliphatic carbocycles. The molecule has 2 heterocycles. The lowest BCUT2D eigenvalue weighted by Gasteiger charge is -2.12. The molecule has 0 unspecified atom stereocenters. The predicted octanol–water partition coefficient (Wildman–Crippen LogP) is 4.44. The molecular formula is C16H10F4N4. The maximum atomic E-state index is 13.1. The van der Waals surface area contributed by atoms with Crippen molar-refractivity contribution in [3.63, 3.8) is 0 Å². The van der Waals surface area contributed by atoms with Gasteiger partial charge < -0.3 is 5.32 Å². The summed E-state index contributed by atoms with van der Waals surface area (Å²) < 4.78 is 52.1. The summed E-state index contributed by atoms with van der Waals surface area (Å²) in [4.78, 5) is 11.5. The number of nitrogens with zero attached hydrogens (tertiary/aromatic N) is 3. The Balaban J connectivity index is 2.03. The zero-order valence-corrected chi connectivity index (χ0v) is 12.0. The van der Waals surface area contributed by atoms with Crippen molar-refractivity contribution in [2.45, 2.75) is 6.18 Å². The summed E-state index contributed by atoms with van der Waals surface area (Å²) in [6.45, 7) is 0. The van der Waals surface area contributed by atoms with Gasteiger partial charge in [0.2, 0.25) is 0 Å². The van der Waals surface area contributed by atoms with Crippen molar-refractivity contribution in [1.29, 1.82) is 0 Å². The minimum Gasteiger partial charge on any atom is -0.340 e. The number of nitrogens with one attached hydrogen (secondary N) is 1. The van der Waals surface area contributed by atoms with Crippen LogP contribution >= 0.6 is 0 Å². The zero-order chi connectivity index (χ0) is 17.2. The van der Waals surface area contributed by atoms with Crippen LogP contribution in [0.4, 0.5) is 29.1 Å². The second-order valence-corrected chi connectivity index (χ2v) is 4.83. The van der Waals surface area contributed by atoms with E-state index in [1.54, 1.807) is 12.1 Å². The highest BCUT2D eigenvalue weighted by Gasteiger charge is 2.33. The molecule has 122 valence electrons. The van der Waals surface area contributed by atoms with Crippen molar-refractivity contribution in [3.8, 4) is 11.4 Å². The summed E-state index contributed by atoms with van der Waals surface area (Å²) in [6, 6.07) is 9.11. The van der Waals surface area contributed by atoms with Gasteiger partial charge in [0.25, 0.3) is 0 Å². The molecule has 24 heavy (non-hydrogen) atoms. The van der Waals surface area contributed by atoms with Crippen molar-refractivity contribution in [3.05, 3.63) is 66.4 Å². The Bertz CT molecular complexity index is 833. The molecule has 3 aromatic rings. The van der Waals surface area contributed by atoms with E-state index in [9.17, 15) is 17.6 Å². The van der Waals surface area contributed by atoms with Gasteiger partial charge in [-0.25, -0.2) is 14.4 Å². The molecule has 0 aliphatic rings. The first-order valence-corrected chi connectivity index (χ1v) is 6.81. The first kappa shape index (κ1) is 15.9. The number of hydrogen-bond acceptors (Lipinski definition) is 4. The van der Waals surface area contributed by atoms with Crippen molar-refractivity contribution >= 4 is 11.5 Å². The fourth-order valence-electron chi connectivity index (χ4n) is 1.96. The Morgan fingerprint density at radius 2 is 1.71 bits per heavy atom. The van der Waals surface area contributed by atoms with E-state index >= 15 is 0 Å². The second-order valence-electron chi connectivity index (χ2n) is 4.83. The van der Waals surface area contributed by atoms with Gasteiger partial charge in [0, 0.05) is 29.7 Å². The SMILES string of the molecule is Fc1ccc(Nc2cc(C(F)(F)F)nc(-c3cccnc3)n2)cc1. The first-order chi connectivity index (χ1) is 11.4. The molecule has 0 saturated heterocycles. The molecule has 0 aliphatic heterocycles. The smallest absolute Gasteiger partial charge is 0.340 e. The fraction of sp³-hybridized carbons (Fsp3) is 0.0625. The van der Waals surface area contributed by atoms with Gasteiger partial charge in [0.1, 0.15) is 11.6 Å². The lowest BCUT2D eigenvalue weighted by atomic mass is 10.2. The Labute approximate surface area is 134 Å². The molecule has 1 aromatic carbocycles. The number of hydrogen-bond donors (Lipinski definition) is 1. The van der Waals surface area contributed by atoms with Crippen LogP contribution in [0.3, 0.4) is 0 Å². The van der Waals surface area contributed by atoms with E-state index in [2.05, 4.69) is 20.3 Å². The molecule has 0 saturated carbocycles. The number of aromatic nitrogens is 3. The Kier molecular flexibility index (Phi) is 4.11. The standard InChI is InChI=1S/C16H10F4N4/c17-11-3-5-12(6-4-11)22-14-8-13(16(18,19)20)23-15(24-14)10-2-1-7-21-9-10/h1-9H,(H,22,23,24). The molecular weight excluding hydrogens is 324 g/mol. The molecule has 4 nitrogen and oxygen atoms in total. The van der Waals surface area contributed by atoms with Gasteiger partial charge in [-0.2, -0.15) is 13.2 Å². The topological polar surface area (TPSA) is 50.7 Å². The van der Waals surface area contributed by atoms with Crippen molar-refractivity contribution < 1.29 is 17.6 Å². The van der Waals surface area contributed by atoms with Crippen LogP contribution in [0, 0.1) is 5.82 Å². The quantitative estimate of drug-likeness (QED) is 0.720. The first-order valence-electron chi connectivity index (χ1n) is 6.81. The molecule has 8 heteroatoms. The van der Waals surface area contributed by atoms with E-state index < -0.39 is 17.7 Å². The van der Waals surface area contributed by atoms with Gasteiger partial charge in [-0.05, 0) is 36.4 Å². The molecule has 3 rings (SSSR count). The summed E-state index contributed by atoms with van der Waals surface area (Å²) in [7, 11) is 0. The van der Waals surface area contributed by atoms with Crippen molar-refractivity contribution in [2.75, 3.05) is 5.32 Å². The number of halogens is 4. The van der Waals surface area contributed by atoms with E-state index in [0.717, 1.165) is 6.07 Å². The third kappa shape index (κ3) is 3.65. The van der Waals surface area contributed by atoms with Gasteiger partial charge in [0.15, 0.2) is 11.5 Å². The van der Waals surface area contributed by atoms with Crippen LogP contribution < -0.4 is 5.32 Å². The summed E-state index contributed by atoms with van der Waals surface area (Å²) >= 11 is 0. The minimum atomic E-state index is -4.63. The summed E-state index contributed by atoms with van der Waals surface area (Å²) in [5, 5.41) is 2.72. The number of rotatable bonds is 3. The molecule has 0 bridgehead atoms. The maximum absolute atomic E-state index is 13.1. The lowest BCUT2D eigenvalue weighted by molar-refractivity contribution is -0.141. The number of pyridine rings is 1. The molecule has 0 spiro atoms. The van der Waals surface area contributed by atoms with Crippen molar-refractivity contribution in [2.24, 2.45) is 0 Å². The van der Waals surface area contributed by atoms with Crippen LogP contribution in [0.1, 0.15) is 5.69 Å². The summed E-state index contributed by atoms with van der Waals surface area (Å²) in [5.41, 5.74) is -0.327. The van der Waals surface area contributed by atoms with Crippen LogP contribution in [0.25, 0.3) is 11.4 Å². The van der Waals surface area contributed by atoms with E-state index in [1.165, 1.54) is 36.7 Å². The van der Waals surface area contributed by atoms with Crippen LogP contribution in [0.2, 0.25) is 0 Å². The molecule has 1 N–H and O–H groups in total. The number of alkyl halides is 3. The molecule has 0 atom stereocenters. The van der Waals surface area contributed by atoms with Crippen LogP contribution in [0.5, 0.6) is 0 Å². The maximum Gasteiger partial charge on any atom is 0.433 e. The van der Waals surface area contributed by atoms with Crippen molar-refractivity contribution in [1.82, 2.24) is 15.0 Å². The van der Waals surface area contributed by atoms with Gasteiger partial charge in [-0.15, -0.1) is 0 Å². The van der Waals surface area contributed by atoms with Crippen LogP contribution in [0.15, 0.2) is 54.9 Å². The average Bonchev–Trinajstić information content (AvgIpc) is 2.57. The van der Waals surface area contributed by atoms with Gasteiger partial charge in [0.05, 0.1) is 0 Å². The fourth-order valence-corrected chi connectivity index (χ4v) is 1.96. The zero-order valence-electron chi connectivity index (χ0n) is 12.0. The van der Waals surface area contributed by atoms with Gasteiger partial charge in [-0.1, -0.05) is 0 Å². The largest absolute Gasteiger partial charge is 0.433 e. The normalized spacial score (nSPS) is 11.3. The average molecular weight is 334 g/mol. The Morgan fingerprint density at radius 1 is 0.958 bits per heavy atom. The summed E-state index contributed by atoms with van der Waals surface area (Å²) in [5.74, 6) is -0.611. The molecule has 2 aromatic heterocycles. The number of benzene rings is 1.